The van der Waals surface area contributed by atoms with Crippen LogP contribution >= 0.6 is 0 Å². The van der Waals surface area contributed by atoms with Crippen LogP contribution < -0.4 is 0 Å². The van der Waals surface area contributed by atoms with Crippen molar-refractivity contribution in [2.24, 2.45) is 0 Å². The first-order valence-corrected chi connectivity index (χ1v) is 8.91. The third-order valence-electron chi connectivity index (χ3n) is 5.03. The second-order valence-corrected chi connectivity index (χ2v) is 6.89. The van der Waals surface area contributed by atoms with Gasteiger partial charge >= 0.3 is 0 Å². The Bertz CT molecular complexity index is 575. The van der Waals surface area contributed by atoms with Crippen molar-refractivity contribution in [3.8, 4) is 0 Å². The highest BCUT2D eigenvalue weighted by Crippen LogP contribution is 2.30. The van der Waals surface area contributed by atoms with Crippen LogP contribution in [0.15, 0.2) is 60.7 Å². The highest BCUT2D eigenvalue weighted by molar-refractivity contribution is 5.32. The fourth-order valence-electron chi connectivity index (χ4n) is 3.86. The molecule has 0 saturated carbocycles. The van der Waals surface area contributed by atoms with Crippen molar-refractivity contribution in [2.45, 2.75) is 32.0 Å². The molecule has 0 radical (unpaired) electrons. The monoisotopic (exact) mass is 324 g/mol. The highest BCUT2D eigenvalue weighted by atomic mass is 16.3. The fraction of sp³-hybridized carbons (Fsp3) is 0.429. The smallest absolute Gasteiger partial charge is 0.0602 e. The molecule has 128 valence electrons. The van der Waals surface area contributed by atoms with Crippen LogP contribution in [0.25, 0.3) is 0 Å². The lowest BCUT2D eigenvalue weighted by Crippen LogP contribution is -2.57. The van der Waals surface area contributed by atoms with E-state index in [2.05, 4.69) is 84.3 Å². The number of aliphatic hydroxyl groups is 1. The number of aliphatic hydroxyl groups excluding tert-OH is 1. The summed E-state index contributed by atoms with van der Waals surface area (Å²) in [5.41, 5.74) is 2.64. The van der Waals surface area contributed by atoms with Crippen molar-refractivity contribution in [3.63, 3.8) is 0 Å². The highest BCUT2D eigenvalue weighted by Gasteiger charge is 2.32. The lowest BCUT2D eigenvalue weighted by Gasteiger charge is -2.45. The van der Waals surface area contributed by atoms with Crippen LogP contribution in [0.5, 0.6) is 0 Å². The summed E-state index contributed by atoms with van der Waals surface area (Å²) in [6.45, 7) is 7.55. The second-order valence-electron chi connectivity index (χ2n) is 6.89. The number of hydrogen-bond acceptors (Lipinski definition) is 3. The summed E-state index contributed by atoms with van der Waals surface area (Å²) in [5, 5.41) is 9.88. The number of piperazine rings is 1. The molecule has 1 atom stereocenters. The van der Waals surface area contributed by atoms with Gasteiger partial charge in [-0.1, -0.05) is 60.7 Å². The minimum absolute atomic E-state index is 0.202. The van der Waals surface area contributed by atoms with Gasteiger partial charge in [0.2, 0.25) is 0 Å². The zero-order chi connectivity index (χ0) is 16.9. The molecule has 1 heterocycles. The Balaban J connectivity index is 1.90. The molecule has 3 nitrogen and oxygen atoms in total. The van der Waals surface area contributed by atoms with E-state index in [-0.39, 0.29) is 18.7 Å². The summed E-state index contributed by atoms with van der Waals surface area (Å²) < 4.78 is 0. The average Bonchev–Trinajstić information content (AvgIpc) is 2.63. The molecule has 0 unspecified atom stereocenters. The lowest BCUT2D eigenvalue weighted by molar-refractivity contribution is 0.00963. The Hall–Kier alpha value is -1.68. The van der Waals surface area contributed by atoms with E-state index in [0.29, 0.717) is 6.04 Å². The van der Waals surface area contributed by atoms with Crippen LogP contribution in [0.1, 0.15) is 31.0 Å². The zero-order valence-corrected chi connectivity index (χ0v) is 14.7. The molecular formula is C21H28N2O. The number of rotatable bonds is 5. The predicted octanol–water partition coefficient (Wildman–Crippen LogP) is 3.16. The summed E-state index contributed by atoms with van der Waals surface area (Å²) in [6, 6.07) is 22.3. The molecule has 0 aliphatic carbocycles. The molecule has 0 bridgehead atoms. The first kappa shape index (κ1) is 17.2. The Kier molecular flexibility index (Phi) is 5.67. The van der Waals surface area contributed by atoms with Gasteiger partial charge in [-0.3, -0.25) is 9.80 Å². The lowest BCUT2D eigenvalue weighted by atomic mass is 9.95. The van der Waals surface area contributed by atoms with E-state index < -0.39 is 0 Å². The van der Waals surface area contributed by atoms with Crippen molar-refractivity contribution >= 4 is 0 Å². The van der Waals surface area contributed by atoms with E-state index in [1.54, 1.807) is 0 Å². The maximum absolute atomic E-state index is 9.88. The molecule has 0 spiro atoms. The molecule has 3 heteroatoms. The van der Waals surface area contributed by atoms with Gasteiger partial charge in [0, 0.05) is 31.7 Å². The van der Waals surface area contributed by atoms with Crippen LogP contribution in [0.4, 0.5) is 0 Å². The first-order chi connectivity index (χ1) is 11.7. The van der Waals surface area contributed by atoms with Crippen LogP contribution in [-0.4, -0.2) is 53.2 Å². The van der Waals surface area contributed by atoms with E-state index in [1.165, 1.54) is 11.1 Å². The number of benzene rings is 2. The minimum atomic E-state index is 0.202. The van der Waals surface area contributed by atoms with Crippen molar-refractivity contribution in [1.29, 1.82) is 0 Å². The summed E-state index contributed by atoms with van der Waals surface area (Å²) in [4.78, 5) is 4.94. The first-order valence-electron chi connectivity index (χ1n) is 8.91. The summed E-state index contributed by atoms with van der Waals surface area (Å²) >= 11 is 0. The van der Waals surface area contributed by atoms with Gasteiger partial charge in [0.25, 0.3) is 0 Å². The Morgan fingerprint density at radius 3 is 1.92 bits per heavy atom. The second kappa shape index (κ2) is 7.93. The Morgan fingerprint density at radius 2 is 1.46 bits per heavy atom. The summed E-state index contributed by atoms with van der Waals surface area (Å²) in [6.07, 6.45) is 0. The SMILES string of the molecule is CC(C)N1CCN(C(c2ccccc2)c2ccccc2)C[C@H]1CO. The topological polar surface area (TPSA) is 26.7 Å². The summed E-state index contributed by atoms with van der Waals surface area (Å²) in [5.74, 6) is 0. The minimum Gasteiger partial charge on any atom is -0.395 e. The average molecular weight is 324 g/mol. The number of hydrogen-bond donors (Lipinski definition) is 1. The fourth-order valence-corrected chi connectivity index (χ4v) is 3.86. The molecule has 1 aliphatic rings. The largest absolute Gasteiger partial charge is 0.395 e. The van der Waals surface area contributed by atoms with E-state index in [0.717, 1.165) is 19.6 Å². The Labute approximate surface area is 145 Å². The van der Waals surface area contributed by atoms with Crippen LogP contribution in [0.2, 0.25) is 0 Å². The maximum atomic E-state index is 9.88. The molecule has 0 amide bonds. The van der Waals surface area contributed by atoms with Gasteiger partial charge in [0.05, 0.1) is 12.6 Å². The van der Waals surface area contributed by atoms with E-state index in [4.69, 9.17) is 0 Å². The third-order valence-corrected chi connectivity index (χ3v) is 5.03. The van der Waals surface area contributed by atoms with Crippen molar-refractivity contribution in [1.82, 2.24) is 9.80 Å². The van der Waals surface area contributed by atoms with E-state index in [9.17, 15) is 5.11 Å². The van der Waals surface area contributed by atoms with Gasteiger partial charge < -0.3 is 5.11 Å². The van der Waals surface area contributed by atoms with Gasteiger partial charge in [-0.2, -0.15) is 0 Å². The van der Waals surface area contributed by atoms with Crippen LogP contribution in [0, 0.1) is 0 Å². The molecule has 1 saturated heterocycles. The molecule has 2 aromatic rings. The van der Waals surface area contributed by atoms with Crippen molar-refractivity contribution in [3.05, 3.63) is 71.8 Å². The predicted molar refractivity (Wildman–Crippen MR) is 99.0 cm³/mol. The summed E-state index contributed by atoms with van der Waals surface area (Å²) in [7, 11) is 0. The zero-order valence-electron chi connectivity index (χ0n) is 14.7. The quantitative estimate of drug-likeness (QED) is 0.915. The normalized spacial score (nSPS) is 20.0. The molecule has 24 heavy (non-hydrogen) atoms. The van der Waals surface area contributed by atoms with Crippen LogP contribution in [0.3, 0.4) is 0 Å². The Morgan fingerprint density at radius 1 is 0.917 bits per heavy atom. The molecule has 1 N–H and O–H groups in total. The maximum Gasteiger partial charge on any atom is 0.0602 e. The molecule has 2 aromatic carbocycles. The van der Waals surface area contributed by atoms with Crippen molar-refractivity contribution < 1.29 is 5.11 Å². The molecule has 3 rings (SSSR count). The van der Waals surface area contributed by atoms with Crippen molar-refractivity contribution in [2.75, 3.05) is 26.2 Å². The third kappa shape index (κ3) is 3.69. The molecule has 1 fully saturated rings. The van der Waals surface area contributed by atoms with Gasteiger partial charge in [0.15, 0.2) is 0 Å². The van der Waals surface area contributed by atoms with Gasteiger partial charge in [-0.25, -0.2) is 0 Å². The van der Waals surface area contributed by atoms with Gasteiger partial charge in [0.1, 0.15) is 0 Å². The van der Waals surface area contributed by atoms with Gasteiger partial charge in [-0.05, 0) is 25.0 Å². The van der Waals surface area contributed by atoms with Crippen LogP contribution in [-0.2, 0) is 0 Å². The molecule has 0 aromatic heterocycles. The van der Waals surface area contributed by atoms with Gasteiger partial charge in [-0.15, -0.1) is 0 Å². The standard InChI is InChI=1S/C21H28N2O/c1-17(2)23-14-13-22(15-20(23)16-24)21(18-9-5-3-6-10-18)19-11-7-4-8-12-19/h3-12,17,20-21,24H,13-16H2,1-2H3/t20-/m0/s1. The van der Waals surface area contributed by atoms with E-state index in [1.807, 2.05) is 0 Å². The molecular weight excluding hydrogens is 296 g/mol. The van der Waals surface area contributed by atoms with E-state index >= 15 is 0 Å². The number of nitrogens with zero attached hydrogens (tertiary/aromatic N) is 2. The molecule has 1 aliphatic heterocycles.